The molecule has 0 heterocycles. The molecule has 0 radical (unpaired) electrons. The Balaban J connectivity index is 0.00000144. The van der Waals surface area contributed by atoms with Gasteiger partial charge in [0.1, 0.15) is 0 Å². The lowest BCUT2D eigenvalue weighted by atomic mass is 10.1. The van der Waals surface area contributed by atoms with E-state index in [0.717, 1.165) is 11.1 Å². The van der Waals surface area contributed by atoms with E-state index in [1.165, 1.54) is 0 Å². The van der Waals surface area contributed by atoms with Gasteiger partial charge in [-0.3, -0.25) is 0 Å². The van der Waals surface area contributed by atoms with Crippen LogP contribution in [0.5, 0.6) is 5.75 Å². The smallest absolute Gasteiger partial charge is 0.426 e. The van der Waals surface area contributed by atoms with Gasteiger partial charge in [0.2, 0.25) is 11.1 Å². The first kappa shape index (κ1) is 13.0. The Morgan fingerprint density at radius 3 is 2.29 bits per heavy atom. The van der Waals surface area contributed by atoms with E-state index >= 15 is 0 Å². The van der Waals surface area contributed by atoms with Crippen LogP contribution in [0.4, 0.5) is 5.69 Å². The van der Waals surface area contributed by atoms with Crippen LogP contribution >= 0.6 is 0 Å². The number of nitrogens with zero attached hydrogens (tertiary/aromatic N) is 2. The predicted octanol–water partition coefficient (Wildman–Crippen LogP) is 0.851. The number of diazo groups is 1. The standard InChI is InChI=1S/C13H11N2O.ClH/c1-16-13-8-7-11(9-12(13)15-14)10-5-3-2-4-6-10;/h2-9H,1H3;1H/q+1;/p-1. The first-order valence-electron chi connectivity index (χ1n) is 4.93. The fraction of sp³-hybridized carbons (Fsp3) is 0.0769. The quantitative estimate of drug-likeness (QED) is 0.737. The van der Waals surface area contributed by atoms with Gasteiger partial charge in [0, 0.05) is 6.07 Å². The van der Waals surface area contributed by atoms with Crippen LogP contribution < -0.4 is 17.1 Å². The van der Waals surface area contributed by atoms with E-state index in [0.29, 0.717) is 11.4 Å². The molecule has 4 heteroatoms. The zero-order valence-corrected chi connectivity index (χ0v) is 10.1. The van der Waals surface area contributed by atoms with Crippen molar-refractivity contribution in [3.8, 4) is 16.9 Å². The zero-order chi connectivity index (χ0) is 11.4. The molecule has 2 rings (SSSR count). The lowest BCUT2D eigenvalue weighted by Gasteiger charge is -2.01. The lowest BCUT2D eigenvalue weighted by Crippen LogP contribution is -3.00. The molecule has 0 spiro atoms. The molecule has 2 aromatic carbocycles. The average molecular weight is 247 g/mol. The van der Waals surface area contributed by atoms with E-state index < -0.39 is 0 Å². The second-order valence-electron chi connectivity index (χ2n) is 3.35. The van der Waals surface area contributed by atoms with Gasteiger partial charge in [-0.05, 0) is 17.2 Å². The summed E-state index contributed by atoms with van der Waals surface area (Å²) >= 11 is 0. The normalized spacial score (nSPS) is 8.94. The van der Waals surface area contributed by atoms with Crippen LogP contribution in [0.3, 0.4) is 0 Å². The predicted molar refractivity (Wildman–Crippen MR) is 63.2 cm³/mol. The highest BCUT2D eigenvalue weighted by molar-refractivity contribution is 5.72. The minimum atomic E-state index is 0. The summed E-state index contributed by atoms with van der Waals surface area (Å²) in [4.78, 5) is 3.20. The highest BCUT2D eigenvalue weighted by atomic mass is 35.5. The van der Waals surface area contributed by atoms with Gasteiger partial charge in [-0.25, -0.2) is 0 Å². The third-order valence-corrected chi connectivity index (χ3v) is 2.39. The highest BCUT2D eigenvalue weighted by Crippen LogP contribution is 2.32. The van der Waals surface area contributed by atoms with Gasteiger partial charge in [-0.1, -0.05) is 36.4 Å². The molecule has 0 aromatic heterocycles. The molecule has 0 fully saturated rings. The van der Waals surface area contributed by atoms with Crippen LogP contribution in [-0.2, 0) is 0 Å². The molecular formula is C13H11ClN2O. The molecule has 0 N–H and O–H groups in total. The van der Waals surface area contributed by atoms with Crippen molar-refractivity contribution in [3.05, 3.63) is 53.5 Å². The maximum Gasteiger partial charge on any atom is 0.426 e. The van der Waals surface area contributed by atoms with E-state index in [4.69, 9.17) is 10.1 Å². The summed E-state index contributed by atoms with van der Waals surface area (Å²) in [5.74, 6) is 0.558. The number of halogens is 1. The Hall–Kier alpha value is -2.05. The van der Waals surface area contributed by atoms with Crippen molar-refractivity contribution in [1.82, 2.24) is 0 Å². The molecule has 0 aliphatic rings. The molecule has 17 heavy (non-hydrogen) atoms. The van der Waals surface area contributed by atoms with Crippen LogP contribution in [0.1, 0.15) is 0 Å². The molecule has 0 bridgehead atoms. The van der Waals surface area contributed by atoms with Gasteiger partial charge in [-0.2, -0.15) is 0 Å². The van der Waals surface area contributed by atoms with Crippen molar-refractivity contribution in [3.63, 3.8) is 0 Å². The van der Waals surface area contributed by atoms with E-state index in [1.54, 1.807) is 19.2 Å². The van der Waals surface area contributed by atoms with Gasteiger partial charge in [0.25, 0.3) is 0 Å². The Morgan fingerprint density at radius 2 is 1.71 bits per heavy atom. The maximum atomic E-state index is 8.87. The number of hydrogen-bond donors (Lipinski definition) is 0. The van der Waals surface area contributed by atoms with Crippen molar-refractivity contribution < 1.29 is 17.1 Å². The summed E-state index contributed by atoms with van der Waals surface area (Å²) in [5.41, 5.74) is 2.51. The number of ether oxygens (including phenoxy) is 1. The van der Waals surface area contributed by atoms with Crippen molar-refractivity contribution in [2.75, 3.05) is 7.11 Å². The highest BCUT2D eigenvalue weighted by Gasteiger charge is 2.15. The molecule has 3 nitrogen and oxygen atoms in total. The first-order chi connectivity index (χ1) is 7.85. The van der Waals surface area contributed by atoms with Gasteiger partial charge in [0.05, 0.1) is 7.11 Å². The minimum absolute atomic E-state index is 0. The summed E-state index contributed by atoms with van der Waals surface area (Å²) < 4.78 is 5.07. The molecule has 0 saturated heterocycles. The SMILES string of the molecule is COc1ccc(-c2ccccc2)cc1[N+]#N.[Cl-]. The van der Waals surface area contributed by atoms with E-state index in [9.17, 15) is 0 Å². The fourth-order valence-corrected chi connectivity index (χ4v) is 1.58. The molecule has 0 saturated carbocycles. The summed E-state index contributed by atoms with van der Waals surface area (Å²) in [6, 6.07) is 15.4. The second kappa shape index (κ2) is 5.88. The molecule has 2 aromatic rings. The summed E-state index contributed by atoms with van der Waals surface area (Å²) in [6.07, 6.45) is 0. The van der Waals surface area contributed by atoms with Crippen LogP contribution in [0, 0.1) is 5.39 Å². The van der Waals surface area contributed by atoms with E-state index in [1.807, 2.05) is 36.4 Å². The maximum absolute atomic E-state index is 8.87. The molecule has 0 atom stereocenters. The van der Waals surface area contributed by atoms with Gasteiger partial charge in [0.15, 0.2) is 4.98 Å². The lowest BCUT2D eigenvalue weighted by molar-refractivity contribution is -0.00000368. The number of rotatable bonds is 2. The number of hydrogen-bond acceptors (Lipinski definition) is 2. The third-order valence-electron chi connectivity index (χ3n) is 2.39. The van der Waals surface area contributed by atoms with Crippen LogP contribution in [0.15, 0.2) is 48.5 Å². The van der Waals surface area contributed by atoms with Crippen molar-refractivity contribution in [2.24, 2.45) is 0 Å². The Bertz CT molecular complexity index is 535. The average Bonchev–Trinajstić information content (AvgIpc) is 2.39. The number of methoxy groups -OCH3 is 1. The fourth-order valence-electron chi connectivity index (χ4n) is 1.58. The summed E-state index contributed by atoms with van der Waals surface area (Å²) in [6.45, 7) is 0. The van der Waals surface area contributed by atoms with Crippen molar-refractivity contribution in [2.45, 2.75) is 0 Å². The number of benzene rings is 2. The van der Waals surface area contributed by atoms with Gasteiger partial charge >= 0.3 is 5.69 Å². The summed E-state index contributed by atoms with van der Waals surface area (Å²) in [5, 5.41) is 8.87. The van der Waals surface area contributed by atoms with Crippen molar-refractivity contribution in [1.29, 1.82) is 5.39 Å². The second-order valence-corrected chi connectivity index (χ2v) is 3.35. The van der Waals surface area contributed by atoms with Crippen LogP contribution in [0.2, 0.25) is 0 Å². The molecule has 86 valence electrons. The Labute approximate surface area is 106 Å². The third kappa shape index (κ3) is 2.74. The van der Waals surface area contributed by atoms with E-state index in [-0.39, 0.29) is 12.4 Å². The monoisotopic (exact) mass is 246 g/mol. The van der Waals surface area contributed by atoms with Crippen LogP contribution in [0.25, 0.3) is 16.1 Å². The zero-order valence-electron chi connectivity index (χ0n) is 9.30. The van der Waals surface area contributed by atoms with Gasteiger partial charge < -0.3 is 17.1 Å². The molecule has 0 aliphatic heterocycles. The van der Waals surface area contributed by atoms with Crippen LogP contribution in [-0.4, -0.2) is 7.11 Å². The molecule has 0 unspecified atom stereocenters. The summed E-state index contributed by atoms with van der Waals surface area (Å²) in [7, 11) is 1.55. The topological polar surface area (TPSA) is 37.4 Å². The van der Waals surface area contributed by atoms with Crippen molar-refractivity contribution >= 4 is 5.69 Å². The van der Waals surface area contributed by atoms with E-state index in [2.05, 4.69) is 4.98 Å². The van der Waals surface area contributed by atoms with Gasteiger partial charge in [-0.15, -0.1) is 0 Å². The largest absolute Gasteiger partial charge is 1.00 e. The first-order valence-corrected chi connectivity index (χ1v) is 4.93. The minimum Gasteiger partial charge on any atom is -1.00 e. The molecule has 0 aliphatic carbocycles. The Kier molecular flexibility index (Phi) is 4.50. The molecule has 0 amide bonds. The molecular weight excluding hydrogens is 236 g/mol. The Morgan fingerprint density at radius 1 is 1.00 bits per heavy atom.